The van der Waals surface area contributed by atoms with Crippen LogP contribution in [0.2, 0.25) is 15.7 Å². The highest BCUT2D eigenvalue weighted by Gasteiger charge is 2.19. The molecule has 14 heteroatoms. The third-order valence-corrected chi connectivity index (χ3v) is 4.64. The van der Waals surface area contributed by atoms with Crippen LogP contribution in [-0.2, 0) is 0 Å². The van der Waals surface area contributed by atoms with E-state index in [1.807, 2.05) is 48.1 Å². The second-order valence-electron chi connectivity index (χ2n) is 6.16. The minimum atomic E-state index is 0. The van der Waals surface area contributed by atoms with Crippen molar-refractivity contribution in [2.24, 2.45) is 0 Å². The molecule has 0 radical (unpaired) electrons. The maximum Gasteiger partial charge on any atom is 0.359 e. The molecule has 31 heavy (non-hydrogen) atoms. The van der Waals surface area contributed by atoms with Gasteiger partial charge in [0.2, 0.25) is 5.28 Å². The smallest absolute Gasteiger partial charge is 0.359 e. The summed E-state index contributed by atoms with van der Waals surface area (Å²) in [6.07, 6.45) is 6.91. The van der Waals surface area contributed by atoms with Gasteiger partial charge in [0.25, 0.3) is 0 Å². The lowest BCUT2D eigenvalue weighted by Crippen LogP contribution is -3.00. The van der Waals surface area contributed by atoms with E-state index >= 15 is 0 Å². The third-order valence-electron chi connectivity index (χ3n) is 4.03. The van der Waals surface area contributed by atoms with E-state index in [1.54, 1.807) is 6.33 Å². The third kappa shape index (κ3) is 4.93. The molecule has 5 heterocycles. The second kappa shape index (κ2) is 9.56. The van der Waals surface area contributed by atoms with E-state index in [0.29, 0.717) is 22.6 Å². The van der Waals surface area contributed by atoms with Crippen molar-refractivity contribution in [1.29, 1.82) is 0 Å². The minimum Gasteiger partial charge on any atom is -1.00 e. The fraction of sp³-hybridized carbons (Fsp3) is 0.118. The molecule has 0 bridgehead atoms. The van der Waals surface area contributed by atoms with Crippen LogP contribution in [0.1, 0.15) is 0 Å². The first-order valence-corrected chi connectivity index (χ1v) is 9.63. The van der Waals surface area contributed by atoms with Crippen LogP contribution in [-0.4, -0.2) is 54.0 Å². The molecule has 0 amide bonds. The van der Waals surface area contributed by atoms with Crippen molar-refractivity contribution in [2.45, 2.75) is 0 Å². The van der Waals surface area contributed by atoms with Gasteiger partial charge in [-0.15, -0.1) is 0 Å². The van der Waals surface area contributed by atoms with Gasteiger partial charge in [0.1, 0.15) is 5.52 Å². The van der Waals surface area contributed by atoms with E-state index in [-0.39, 0.29) is 28.1 Å². The Labute approximate surface area is 197 Å². The summed E-state index contributed by atoms with van der Waals surface area (Å²) < 4.78 is 1.88. The normalized spacial score (nSPS) is 10.5. The zero-order valence-electron chi connectivity index (χ0n) is 16.1. The lowest BCUT2D eigenvalue weighted by Gasteiger charge is -2.11. The Morgan fingerprint density at radius 1 is 0.806 bits per heavy atom. The zero-order valence-corrected chi connectivity index (χ0v) is 19.1. The minimum absolute atomic E-state index is 0. The monoisotopic (exact) mass is 498 g/mol. The number of aromatic nitrogens is 9. The van der Waals surface area contributed by atoms with Crippen LogP contribution in [0.25, 0.3) is 28.1 Å². The largest absolute Gasteiger partial charge is 1.00 e. The number of hydrogen-bond donors (Lipinski definition) is 2. The van der Waals surface area contributed by atoms with Gasteiger partial charge in [-0.2, -0.15) is 9.97 Å². The van der Waals surface area contributed by atoms with Crippen molar-refractivity contribution in [3.8, 4) is 5.82 Å². The summed E-state index contributed by atoms with van der Waals surface area (Å²) in [6, 6.07) is 4.00. The van der Waals surface area contributed by atoms with Gasteiger partial charge in [0.05, 0.1) is 25.0 Å². The zero-order chi connectivity index (χ0) is 21.3. The summed E-state index contributed by atoms with van der Waals surface area (Å²) in [6.45, 7) is 0. The first kappa shape index (κ1) is 22.9. The number of imidazole rings is 2. The van der Waals surface area contributed by atoms with Gasteiger partial charge in [0.15, 0.2) is 22.0 Å². The van der Waals surface area contributed by atoms with Crippen molar-refractivity contribution >= 4 is 62.8 Å². The highest BCUT2D eigenvalue weighted by Crippen LogP contribution is 2.18. The van der Waals surface area contributed by atoms with Gasteiger partial charge < -0.3 is 27.3 Å². The maximum absolute atomic E-state index is 5.91. The Morgan fingerprint density at radius 3 is 1.97 bits per heavy atom. The summed E-state index contributed by atoms with van der Waals surface area (Å²) in [4.78, 5) is 31.7. The molecule has 5 rings (SSSR count). The molecular weight excluding hydrogens is 486 g/mol. The summed E-state index contributed by atoms with van der Waals surface area (Å²) >= 11 is 17.1. The van der Waals surface area contributed by atoms with Crippen LogP contribution in [0.3, 0.4) is 0 Å². The lowest BCUT2D eigenvalue weighted by atomic mass is 10.3. The summed E-state index contributed by atoms with van der Waals surface area (Å²) in [5, 5.41) is 0.575. The summed E-state index contributed by atoms with van der Waals surface area (Å²) in [5.74, 6) is 0.679. The lowest BCUT2D eigenvalue weighted by molar-refractivity contribution is -0.598. The van der Waals surface area contributed by atoms with Gasteiger partial charge >= 0.3 is 11.1 Å². The van der Waals surface area contributed by atoms with Crippen LogP contribution >= 0.6 is 34.8 Å². The van der Waals surface area contributed by atoms with Crippen molar-refractivity contribution in [2.75, 3.05) is 19.0 Å². The van der Waals surface area contributed by atoms with Crippen LogP contribution in [0.4, 0.5) is 5.69 Å². The van der Waals surface area contributed by atoms with Crippen molar-refractivity contribution in [3.63, 3.8) is 0 Å². The molecule has 0 unspecified atom stereocenters. The molecule has 5 aromatic heterocycles. The molecular formula is C17H14Cl4N10. The molecule has 0 aliphatic heterocycles. The van der Waals surface area contributed by atoms with E-state index in [2.05, 4.69) is 39.9 Å². The number of nitrogens with one attached hydrogen (secondary N) is 2. The molecule has 0 atom stereocenters. The summed E-state index contributed by atoms with van der Waals surface area (Å²) in [7, 11) is 3.99. The molecule has 0 saturated carbocycles. The number of aromatic amines is 2. The number of pyridine rings is 1. The number of fused-ring (bicyclic) bond motifs is 2. The van der Waals surface area contributed by atoms with Crippen LogP contribution in [0, 0.1) is 0 Å². The number of hydrogen-bond acceptors (Lipinski definition) is 7. The topological polar surface area (TPSA) is 116 Å². The van der Waals surface area contributed by atoms with E-state index in [4.69, 9.17) is 34.8 Å². The Morgan fingerprint density at radius 2 is 1.35 bits per heavy atom. The van der Waals surface area contributed by atoms with Gasteiger partial charge in [-0.1, -0.05) is 11.6 Å². The van der Waals surface area contributed by atoms with E-state index in [1.165, 1.54) is 6.33 Å². The van der Waals surface area contributed by atoms with Crippen LogP contribution in [0.5, 0.6) is 0 Å². The molecule has 5 aromatic rings. The Kier molecular flexibility index (Phi) is 7.06. The predicted octanol–water partition coefficient (Wildman–Crippen LogP) is 0.0127. The molecule has 0 aliphatic carbocycles. The first-order valence-electron chi connectivity index (χ1n) is 8.50. The Balaban J connectivity index is 0.000000194. The SMILES string of the molecule is CN(C)c1cc[n+](-c2nc(Cl)nc3nc[nH]c23)cc1.Clc1nc(Cl)c2[nH]cnc2n1.[Cl-]. The van der Waals surface area contributed by atoms with Crippen molar-refractivity contribution in [1.82, 2.24) is 39.9 Å². The number of nitrogens with zero attached hydrogens (tertiary/aromatic N) is 8. The summed E-state index contributed by atoms with van der Waals surface area (Å²) in [5.41, 5.74) is 3.51. The van der Waals surface area contributed by atoms with Gasteiger partial charge in [-0.05, 0) is 28.2 Å². The number of rotatable bonds is 2. The quantitative estimate of drug-likeness (QED) is 0.200. The standard InChI is InChI=1S/C12H12ClN6.C5H2Cl2N4.ClH/c1-18(2)8-3-5-19(6-4-8)11-9-10(15-7-14-9)16-12(13)17-11;6-3-2-4(9-1-8-2)11-5(7)10-3;/h3-7H,1-2H3,(H,14,15,16,17);1H,(H,8,9,10,11);1H/q+1;;/p-1. The van der Waals surface area contributed by atoms with Crippen LogP contribution < -0.4 is 21.9 Å². The molecule has 0 aromatic carbocycles. The predicted molar refractivity (Wildman–Crippen MR) is 114 cm³/mol. The van der Waals surface area contributed by atoms with Gasteiger partial charge in [-0.3, -0.25) is 0 Å². The molecule has 0 aliphatic rings. The average Bonchev–Trinajstić information content (AvgIpc) is 3.37. The molecule has 0 saturated heterocycles. The van der Waals surface area contributed by atoms with Crippen molar-refractivity contribution < 1.29 is 17.0 Å². The molecule has 160 valence electrons. The molecule has 10 nitrogen and oxygen atoms in total. The number of H-pyrrole nitrogens is 2. The molecule has 0 spiro atoms. The van der Waals surface area contributed by atoms with Crippen molar-refractivity contribution in [3.05, 3.63) is 52.9 Å². The van der Waals surface area contributed by atoms with E-state index in [0.717, 1.165) is 11.2 Å². The number of halogens is 4. The Hall–Kier alpha value is -2.79. The fourth-order valence-electron chi connectivity index (χ4n) is 2.61. The van der Waals surface area contributed by atoms with E-state index in [9.17, 15) is 0 Å². The highest BCUT2D eigenvalue weighted by atomic mass is 35.5. The number of anilines is 1. The molecule has 0 fully saturated rings. The molecule has 2 N–H and O–H groups in total. The fourth-order valence-corrected chi connectivity index (χ4v) is 3.20. The maximum atomic E-state index is 5.91. The second-order valence-corrected chi connectivity index (χ2v) is 7.19. The average molecular weight is 500 g/mol. The first-order chi connectivity index (χ1) is 14.4. The Bertz CT molecular complexity index is 1320. The highest BCUT2D eigenvalue weighted by molar-refractivity contribution is 6.35. The van der Waals surface area contributed by atoms with Crippen LogP contribution in [0.15, 0.2) is 37.2 Å². The van der Waals surface area contributed by atoms with Gasteiger partial charge in [-0.25, -0.2) is 19.5 Å². The van der Waals surface area contributed by atoms with Gasteiger partial charge in [0, 0.05) is 31.9 Å². The van der Waals surface area contributed by atoms with E-state index < -0.39 is 0 Å².